The monoisotopic (exact) mass is 387 g/mol. The maximum atomic E-state index is 12.9. The van der Waals surface area contributed by atoms with Crippen molar-refractivity contribution < 1.29 is 14.3 Å². The first-order valence-corrected chi connectivity index (χ1v) is 10.5. The standard InChI is InChI=1S/C20H25N3O3S/c1-3-13(2)17-11-26-20(25)23(17)15-6-8-22(9-7-15)19(24)14-4-5-16-18(10-14)27-12-21-16/h4-5,10,12-13,15,17H,3,6-9,11H2,1-2H3. The van der Waals surface area contributed by atoms with Gasteiger partial charge in [-0.25, -0.2) is 9.78 Å². The van der Waals surface area contributed by atoms with E-state index in [1.54, 1.807) is 16.8 Å². The van der Waals surface area contributed by atoms with Crippen molar-refractivity contribution in [2.24, 2.45) is 5.92 Å². The minimum Gasteiger partial charge on any atom is -0.447 e. The minimum atomic E-state index is -0.194. The van der Waals surface area contributed by atoms with E-state index in [4.69, 9.17) is 4.74 Å². The van der Waals surface area contributed by atoms with E-state index in [9.17, 15) is 9.59 Å². The Balaban J connectivity index is 1.42. The quantitative estimate of drug-likeness (QED) is 0.801. The van der Waals surface area contributed by atoms with Crippen molar-refractivity contribution in [3.63, 3.8) is 0 Å². The van der Waals surface area contributed by atoms with Gasteiger partial charge < -0.3 is 9.64 Å². The molecule has 7 heteroatoms. The van der Waals surface area contributed by atoms with E-state index in [0.717, 1.165) is 29.5 Å². The van der Waals surface area contributed by atoms with Gasteiger partial charge in [0.1, 0.15) is 6.61 Å². The fourth-order valence-electron chi connectivity index (χ4n) is 4.10. The van der Waals surface area contributed by atoms with Crippen LogP contribution in [0.3, 0.4) is 0 Å². The van der Waals surface area contributed by atoms with Gasteiger partial charge in [-0.2, -0.15) is 0 Å². The van der Waals surface area contributed by atoms with Crippen LogP contribution in [-0.4, -0.2) is 58.6 Å². The summed E-state index contributed by atoms with van der Waals surface area (Å²) in [7, 11) is 0. The number of likely N-dealkylation sites (tertiary alicyclic amines) is 1. The van der Waals surface area contributed by atoms with E-state index >= 15 is 0 Å². The van der Waals surface area contributed by atoms with Crippen LogP contribution >= 0.6 is 11.3 Å². The topological polar surface area (TPSA) is 62.7 Å². The number of hydrogen-bond acceptors (Lipinski definition) is 5. The molecule has 2 unspecified atom stereocenters. The van der Waals surface area contributed by atoms with Crippen molar-refractivity contribution in [3.05, 3.63) is 29.3 Å². The van der Waals surface area contributed by atoms with Crippen molar-refractivity contribution in [1.29, 1.82) is 0 Å². The average Bonchev–Trinajstić information content (AvgIpc) is 3.32. The minimum absolute atomic E-state index is 0.0613. The zero-order valence-electron chi connectivity index (χ0n) is 15.8. The van der Waals surface area contributed by atoms with Crippen molar-refractivity contribution in [2.75, 3.05) is 19.7 Å². The van der Waals surface area contributed by atoms with E-state index in [-0.39, 0.29) is 24.1 Å². The van der Waals surface area contributed by atoms with Crippen molar-refractivity contribution in [3.8, 4) is 0 Å². The van der Waals surface area contributed by atoms with E-state index in [1.807, 2.05) is 28.0 Å². The molecule has 1 aromatic carbocycles. The SMILES string of the molecule is CCC(C)C1COC(=O)N1C1CCN(C(=O)c2ccc3ncsc3c2)CC1. The molecule has 2 atom stereocenters. The Morgan fingerprint density at radius 3 is 2.89 bits per heavy atom. The van der Waals surface area contributed by atoms with Crippen LogP contribution in [0.1, 0.15) is 43.5 Å². The molecule has 0 N–H and O–H groups in total. The molecule has 2 aromatic rings. The van der Waals surface area contributed by atoms with Gasteiger partial charge in [-0.05, 0) is 37.0 Å². The molecular formula is C20H25N3O3S. The zero-order valence-corrected chi connectivity index (χ0v) is 16.6. The molecule has 4 rings (SSSR count). The lowest BCUT2D eigenvalue weighted by molar-refractivity contribution is 0.0615. The van der Waals surface area contributed by atoms with Crippen LogP contribution in [0.15, 0.2) is 23.7 Å². The van der Waals surface area contributed by atoms with E-state index in [2.05, 4.69) is 18.8 Å². The third kappa shape index (κ3) is 3.40. The second kappa shape index (κ2) is 7.46. The van der Waals surface area contributed by atoms with E-state index < -0.39 is 0 Å². The molecule has 6 nitrogen and oxygen atoms in total. The number of piperidine rings is 1. The van der Waals surface area contributed by atoms with Gasteiger partial charge in [0.2, 0.25) is 0 Å². The van der Waals surface area contributed by atoms with Gasteiger partial charge in [-0.3, -0.25) is 9.69 Å². The van der Waals surface area contributed by atoms with Gasteiger partial charge in [-0.15, -0.1) is 11.3 Å². The fraction of sp³-hybridized carbons (Fsp3) is 0.550. The molecule has 2 amide bonds. The molecule has 3 heterocycles. The Morgan fingerprint density at radius 1 is 1.37 bits per heavy atom. The maximum absolute atomic E-state index is 12.9. The molecule has 2 fully saturated rings. The van der Waals surface area contributed by atoms with Gasteiger partial charge in [0.15, 0.2) is 0 Å². The molecule has 144 valence electrons. The number of aromatic nitrogens is 1. The maximum Gasteiger partial charge on any atom is 0.410 e. The van der Waals surface area contributed by atoms with Gasteiger partial charge in [-0.1, -0.05) is 20.3 Å². The number of fused-ring (bicyclic) bond motifs is 1. The van der Waals surface area contributed by atoms with Gasteiger partial charge in [0, 0.05) is 24.7 Å². The summed E-state index contributed by atoms with van der Waals surface area (Å²) >= 11 is 1.55. The number of thiazole rings is 1. The van der Waals surface area contributed by atoms with Crippen molar-refractivity contribution in [2.45, 2.75) is 45.2 Å². The number of cyclic esters (lactones) is 1. The molecule has 0 saturated carbocycles. The van der Waals surface area contributed by atoms with Crippen LogP contribution in [0.5, 0.6) is 0 Å². The summed E-state index contributed by atoms with van der Waals surface area (Å²) < 4.78 is 6.37. The van der Waals surface area contributed by atoms with Crippen LogP contribution in [0.2, 0.25) is 0 Å². The molecule has 0 aliphatic carbocycles. The van der Waals surface area contributed by atoms with Crippen LogP contribution in [0.25, 0.3) is 10.2 Å². The summed E-state index contributed by atoms with van der Waals surface area (Å²) in [5.41, 5.74) is 3.44. The molecule has 0 bridgehead atoms. The number of amides is 2. The molecule has 2 aliphatic heterocycles. The first kappa shape index (κ1) is 18.2. The number of benzene rings is 1. The van der Waals surface area contributed by atoms with Gasteiger partial charge >= 0.3 is 6.09 Å². The van der Waals surface area contributed by atoms with Crippen LogP contribution in [-0.2, 0) is 4.74 Å². The first-order chi connectivity index (χ1) is 13.1. The number of hydrogen-bond donors (Lipinski definition) is 0. The summed E-state index contributed by atoms with van der Waals surface area (Å²) in [5.74, 6) is 0.480. The largest absolute Gasteiger partial charge is 0.447 e. The zero-order chi connectivity index (χ0) is 19.0. The van der Waals surface area contributed by atoms with Crippen molar-refractivity contribution in [1.82, 2.24) is 14.8 Å². The summed E-state index contributed by atoms with van der Waals surface area (Å²) in [6.45, 7) is 6.14. The summed E-state index contributed by atoms with van der Waals surface area (Å²) in [6, 6.07) is 6.00. The molecule has 1 aromatic heterocycles. The Morgan fingerprint density at radius 2 is 2.15 bits per heavy atom. The van der Waals surface area contributed by atoms with Crippen molar-refractivity contribution >= 4 is 33.6 Å². The molecule has 0 radical (unpaired) electrons. The summed E-state index contributed by atoms with van der Waals surface area (Å²) in [4.78, 5) is 33.3. The number of carbonyl (C=O) groups excluding carboxylic acids is 2. The Bertz CT molecular complexity index is 844. The Hall–Kier alpha value is -2.15. The van der Waals surface area contributed by atoms with Crippen LogP contribution in [0, 0.1) is 5.92 Å². The third-order valence-corrected chi connectivity index (χ3v) is 6.76. The molecule has 2 aliphatic rings. The predicted octanol–water partition coefficient (Wildman–Crippen LogP) is 3.77. The summed E-state index contributed by atoms with van der Waals surface area (Å²) in [5, 5.41) is 0. The van der Waals surface area contributed by atoms with Gasteiger partial charge in [0.05, 0.1) is 21.8 Å². The second-order valence-corrected chi connectivity index (χ2v) is 8.38. The predicted molar refractivity (Wildman–Crippen MR) is 105 cm³/mol. The highest BCUT2D eigenvalue weighted by Gasteiger charge is 2.41. The van der Waals surface area contributed by atoms with E-state index in [0.29, 0.717) is 31.2 Å². The molecule has 2 saturated heterocycles. The lowest BCUT2D eigenvalue weighted by Crippen LogP contribution is -2.51. The third-order valence-electron chi connectivity index (χ3n) is 5.97. The number of nitrogens with zero attached hydrogens (tertiary/aromatic N) is 3. The van der Waals surface area contributed by atoms with Crippen LogP contribution in [0.4, 0.5) is 4.79 Å². The highest BCUT2D eigenvalue weighted by molar-refractivity contribution is 7.16. The second-order valence-electron chi connectivity index (χ2n) is 7.50. The number of ether oxygens (including phenoxy) is 1. The average molecular weight is 388 g/mol. The van der Waals surface area contributed by atoms with Crippen LogP contribution < -0.4 is 0 Å². The van der Waals surface area contributed by atoms with Gasteiger partial charge in [0.25, 0.3) is 5.91 Å². The Labute approximate surface area is 163 Å². The molecule has 0 spiro atoms. The Kier molecular flexibility index (Phi) is 5.04. The number of rotatable bonds is 4. The first-order valence-electron chi connectivity index (χ1n) is 9.66. The van der Waals surface area contributed by atoms with E-state index in [1.165, 1.54) is 0 Å². The fourth-order valence-corrected chi connectivity index (χ4v) is 4.81. The molecule has 27 heavy (non-hydrogen) atoms. The highest BCUT2D eigenvalue weighted by Crippen LogP contribution is 2.29. The lowest BCUT2D eigenvalue weighted by Gasteiger charge is -2.39. The smallest absolute Gasteiger partial charge is 0.410 e. The highest BCUT2D eigenvalue weighted by atomic mass is 32.1. The molecular weight excluding hydrogens is 362 g/mol. The number of carbonyl (C=O) groups is 2. The summed E-state index contributed by atoms with van der Waals surface area (Å²) in [6.07, 6.45) is 2.43. The normalized spacial score (nSPS) is 22.3. The lowest BCUT2D eigenvalue weighted by atomic mass is 9.95.